The maximum absolute atomic E-state index is 12.8. The predicted octanol–water partition coefficient (Wildman–Crippen LogP) is 14.7. The Bertz CT molecular complexity index is 8060. The van der Waals surface area contributed by atoms with E-state index in [-0.39, 0.29) is 120 Å². The minimum Gasteiger partial charge on any atom is -0.382 e. The van der Waals surface area contributed by atoms with Gasteiger partial charge in [-0.05, 0) is 162 Å². The monoisotopic (exact) mass is 2000 g/mol. The first-order valence-electron chi connectivity index (χ1n) is 50.3. The average molecular weight is 2000 g/mol. The zero-order valence-corrected chi connectivity index (χ0v) is 82.8. The SMILES string of the molecule is C=CC(=O)N1C(c2nc(-c3ccc(C(=O)Cc4ccccn4)cc3)c3c(N)nccn23)CC2CC21.C=CC(=O)N1CCC2(CC1)CC(c1nc(-c3ccc(C(=O)Cc4ccccn4)cc3)c3c(N)nccn13)CO2.CC#CC(=O)N1C(c2nc(-c3ccc(C(=O)Cc4ccccn4)cc3)c3c(N)nccn23)CC2CC21.CC#CC(=O)N1CCC2(CC1)CC(c1nc(-c3ccc(C(=O)Cc4ccccn4)cc3)c3c(N)nccn13)CO2. The maximum atomic E-state index is 12.8. The van der Waals surface area contributed by atoms with E-state index >= 15 is 0 Å². The Hall–Kier alpha value is -17.8. The van der Waals surface area contributed by atoms with Crippen LogP contribution >= 0.6 is 0 Å². The summed E-state index contributed by atoms with van der Waals surface area (Å²) in [6, 6.07) is 52.0. The molecular formula is C116H108N24O10. The molecule has 6 saturated heterocycles. The Balaban J connectivity index is 0.000000117. The fourth-order valence-corrected chi connectivity index (χ4v) is 22.1. The highest BCUT2D eigenvalue weighted by atomic mass is 16.5. The van der Waals surface area contributed by atoms with Crippen molar-refractivity contribution in [3.63, 3.8) is 0 Å². The van der Waals surface area contributed by atoms with E-state index in [2.05, 4.69) is 76.7 Å². The van der Waals surface area contributed by atoms with Crippen LogP contribution in [0.3, 0.4) is 0 Å². The Morgan fingerprint density at radius 3 is 0.973 bits per heavy atom. The molecule has 34 heteroatoms. The molecule has 8 atom stereocenters. The van der Waals surface area contributed by atoms with Crippen molar-refractivity contribution in [1.29, 1.82) is 0 Å². The highest BCUT2D eigenvalue weighted by Gasteiger charge is 2.57. The minimum absolute atomic E-state index is 0.00409. The second-order valence-corrected chi connectivity index (χ2v) is 39.0. The van der Waals surface area contributed by atoms with Gasteiger partial charge < -0.3 is 52.0 Å². The molecule has 4 amide bonds. The van der Waals surface area contributed by atoms with Crippen molar-refractivity contribution in [2.24, 2.45) is 11.8 Å². The third-order valence-electron chi connectivity index (χ3n) is 29.8. The Morgan fingerprint density at radius 1 is 0.360 bits per heavy atom. The summed E-state index contributed by atoms with van der Waals surface area (Å²) in [5.41, 5.74) is 39.2. The van der Waals surface area contributed by atoms with Crippen molar-refractivity contribution < 1.29 is 47.8 Å². The molecule has 34 nitrogen and oxygen atoms in total. The fraction of sp³-hybridized carbons (Fsp3) is 0.276. The molecule has 8 unspecified atom stereocenters. The number of anilines is 4. The smallest absolute Gasteiger partial charge is 0.299 e. The van der Waals surface area contributed by atoms with E-state index in [1.807, 2.05) is 203 Å². The first kappa shape index (κ1) is 98.3. The van der Waals surface area contributed by atoms with Crippen LogP contribution < -0.4 is 22.9 Å². The number of ketones is 4. The molecule has 18 heterocycles. The van der Waals surface area contributed by atoms with Gasteiger partial charge in [0.15, 0.2) is 23.1 Å². The molecule has 0 bridgehead atoms. The van der Waals surface area contributed by atoms with Crippen LogP contribution in [-0.2, 0) is 54.3 Å². The molecule has 16 aromatic rings. The topological polar surface area (TPSA) is 444 Å². The molecule has 8 fully saturated rings. The summed E-state index contributed by atoms with van der Waals surface area (Å²) in [7, 11) is 0. The lowest BCUT2D eigenvalue weighted by Crippen LogP contribution is -2.46. The number of carbonyl (C=O) groups excluding carboxylic acids is 8. The second-order valence-electron chi connectivity index (χ2n) is 39.0. The molecule has 2 spiro atoms. The molecule has 6 aliphatic heterocycles. The Kier molecular flexibility index (Phi) is 27.5. The number of piperidine rings is 4. The van der Waals surface area contributed by atoms with Crippen LogP contribution in [0.5, 0.6) is 0 Å². The molecule has 24 rings (SSSR count). The summed E-state index contributed by atoms with van der Waals surface area (Å²) in [6.07, 6.45) is 33.1. The van der Waals surface area contributed by atoms with Crippen molar-refractivity contribution in [2.75, 3.05) is 62.3 Å². The van der Waals surface area contributed by atoms with Crippen LogP contribution in [0.25, 0.3) is 67.1 Å². The van der Waals surface area contributed by atoms with Gasteiger partial charge in [-0.3, -0.25) is 75.9 Å². The molecule has 8 aliphatic rings. The number of ether oxygens (including phenoxy) is 2. The number of likely N-dealkylation sites (tertiary alicyclic amines) is 4. The molecular weight excluding hydrogens is 1890 g/mol. The van der Waals surface area contributed by atoms with E-state index in [4.69, 9.17) is 52.3 Å². The number of benzene rings is 4. The third kappa shape index (κ3) is 19.9. The normalized spacial score (nSPS) is 19.2. The van der Waals surface area contributed by atoms with Crippen LogP contribution in [0.2, 0.25) is 0 Å². The van der Waals surface area contributed by atoms with Gasteiger partial charge in [-0.15, -0.1) is 0 Å². The maximum Gasteiger partial charge on any atom is 0.299 e. The fourth-order valence-electron chi connectivity index (χ4n) is 22.1. The lowest BCUT2D eigenvalue weighted by molar-refractivity contribution is -0.131. The molecule has 12 aromatic heterocycles. The molecule has 0 radical (unpaired) electrons. The van der Waals surface area contributed by atoms with Crippen molar-refractivity contribution in [3.8, 4) is 68.7 Å². The van der Waals surface area contributed by atoms with Gasteiger partial charge in [0.25, 0.3) is 11.8 Å². The lowest BCUT2D eigenvalue weighted by atomic mass is 9.85. The second kappa shape index (κ2) is 42.0. The zero-order valence-electron chi connectivity index (χ0n) is 82.8. The number of rotatable bonds is 22. The Labute approximate surface area is 863 Å². The molecule has 4 aromatic carbocycles. The van der Waals surface area contributed by atoms with E-state index in [0.717, 1.165) is 155 Å². The third-order valence-corrected chi connectivity index (χ3v) is 29.8. The van der Waals surface area contributed by atoms with Gasteiger partial charge in [-0.25, -0.2) is 39.9 Å². The van der Waals surface area contributed by atoms with Crippen molar-refractivity contribution in [1.82, 2.24) is 97.0 Å². The summed E-state index contributed by atoms with van der Waals surface area (Å²) >= 11 is 0. The van der Waals surface area contributed by atoms with Gasteiger partial charge in [0.05, 0.1) is 62.2 Å². The standard InChI is InChI=1S/C31H30N6O3.C30H30N6O3.C28H24N6O2.C27H24N6O2/c1-2-5-26(39)36-15-11-31(12-16-36)19-23(20-40-31)30-35-27(28-29(32)34-14-17-37(28)30)22-9-7-21(8-10-22)25(38)18-24-6-3-4-13-33-24;1-2-25(38)35-14-10-30(11-15-35)18-22(19-39-30)29-34-26(27-28(31)33-13-16-36(27)29)21-8-6-20(7-9-21)24(37)17-23-5-3-4-12-32-23;1-2-5-24(36)34-21-14-19(21)15-22(34)28-32-25(26-27(29)31-12-13-33(26)28)18-9-7-17(8-10-18)23(35)16-20-6-3-4-11-30-20;1-2-23(35)33-20-13-18(20)14-21(33)27-31-24(25-26(28)30-11-12-32(25)27)17-8-6-16(7-9-17)22(34)15-19-5-3-4-10-29-19/h3-4,6-10,13-14,17,23H,11-12,15-16,18-20H2,1H3,(H2,32,34);2-9,12-13,16,22H,1,10-11,14-15,17-19H2,(H2,31,33);3-4,6-13,19,21-22H,14-16H2,1H3,(H2,29,31);2-12,18,20-21H,1,13-15H2,(H2,28,30). The van der Waals surface area contributed by atoms with Gasteiger partial charge in [0, 0.05) is 192 Å². The number of aromatic nitrogens is 16. The van der Waals surface area contributed by atoms with E-state index in [1.54, 1.807) is 92.6 Å². The number of Topliss-reactive ketones (excluding diaryl/α,β-unsaturated/α-hetero) is 4. The van der Waals surface area contributed by atoms with E-state index in [1.165, 1.54) is 12.2 Å². The summed E-state index contributed by atoms with van der Waals surface area (Å²) in [4.78, 5) is 163. The summed E-state index contributed by atoms with van der Waals surface area (Å²) in [5.74, 6) is 16.3. The molecule has 150 heavy (non-hydrogen) atoms. The largest absolute Gasteiger partial charge is 0.382 e. The number of hydrogen-bond donors (Lipinski definition) is 4. The van der Waals surface area contributed by atoms with Gasteiger partial charge in [0.2, 0.25) is 11.8 Å². The minimum atomic E-state index is -0.277. The predicted molar refractivity (Wildman–Crippen MR) is 564 cm³/mol. The summed E-state index contributed by atoms with van der Waals surface area (Å²) in [6.45, 7) is 14.3. The van der Waals surface area contributed by atoms with E-state index in [9.17, 15) is 38.4 Å². The van der Waals surface area contributed by atoms with Gasteiger partial charge in [0.1, 0.15) is 91.4 Å². The van der Waals surface area contributed by atoms with Gasteiger partial charge in [-0.2, -0.15) is 0 Å². The van der Waals surface area contributed by atoms with Crippen LogP contribution in [-0.4, -0.2) is 206 Å². The van der Waals surface area contributed by atoms with Gasteiger partial charge >= 0.3 is 0 Å². The zero-order chi connectivity index (χ0) is 104. The first-order chi connectivity index (χ1) is 73.0. The van der Waals surface area contributed by atoms with Crippen LogP contribution in [0.1, 0.15) is 189 Å². The van der Waals surface area contributed by atoms with Crippen molar-refractivity contribution in [2.45, 2.75) is 151 Å². The quantitative estimate of drug-likeness (QED) is 0.0278. The van der Waals surface area contributed by atoms with Gasteiger partial charge in [-0.1, -0.05) is 146 Å². The molecule has 2 aliphatic carbocycles. The van der Waals surface area contributed by atoms with Crippen molar-refractivity contribution in [3.05, 3.63) is 338 Å². The highest BCUT2D eigenvalue weighted by molar-refractivity contribution is 6.02. The molecule has 8 N–H and O–H groups in total. The highest BCUT2D eigenvalue weighted by Crippen LogP contribution is 2.56. The lowest BCUT2D eigenvalue weighted by Gasteiger charge is -2.38. The summed E-state index contributed by atoms with van der Waals surface area (Å²) < 4.78 is 20.7. The molecule has 752 valence electrons. The Morgan fingerprint density at radius 2 is 0.660 bits per heavy atom. The number of hydrogen-bond acceptors (Lipinski definition) is 26. The number of nitrogen functional groups attached to an aromatic ring is 4. The van der Waals surface area contributed by atoms with E-state index in [0.29, 0.717) is 119 Å². The van der Waals surface area contributed by atoms with E-state index < -0.39 is 0 Å². The number of nitrogens with zero attached hydrogens (tertiary/aromatic N) is 20. The number of nitrogens with two attached hydrogens (primary N) is 4. The van der Waals surface area contributed by atoms with Crippen LogP contribution in [0.15, 0.2) is 270 Å². The number of fused-ring (bicyclic) bond motifs is 6. The van der Waals surface area contributed by atoms with Crippen LogP contribution in [0, 0.1) is 35.5 Å². The number of imidazole rings is 4. The first-order valence-corrected chi connectivity index (χ1v) is 50.3. The number of amides is 4. The number of carbonyl (C=O) groups is 8. The average Bonchev–Trinajstić information content (AvgIpc) is 1.56. The number of pyridine rings is 4. The summed E-state index contributed by atoms with van der Waals surface area (Å²) in [5, 5.41) is 0. The van der Waals surface area contributed by atoms with Crippen molar-refractivity contribution >= 4 is 92.1 Å². The molecule has 2 saturated carbocycles. The van der Waals surface area contributed by atoms with Crippen LogP contribution in [0.4, 0.5) is 23.3 Å².